The monoisotopic (exact) mass is 308 g/mol. The van der Waals surface area contributed by atoms with Crippen molar-refractivity contribution in [1.82, 2.24) is 4.98 Å². The average Bonchev–Trinajstić information content (AvgIpc) is 2.82. The van der Waals surface area contributed by atoms with E-state index in [2.05, 4.69) is 4.98 Å². The van der Waals surface area contributed by atoms with Gasteiger partial charge in [0.25, 0.3) is 0 Å². The number of anilines is 1. The van der Waals surface area contributed by atoms with Crippen molar-refractivity contribution >= 4 is 40.0 Å². The highest BCUT2D eigenvalue weighted by Crippen LogP contribution is 2.28. The summed E-state index contributed by atoms with van der Waals surface area (Å²) in [5.74, 6) is 0.954. The minimum Gasteiger partial charge on any atom is -0.482 e. The Balaban J connectivity index is 1.81. The first-order valence-corrected chi connectivity index (χ1v) is 6.61. The quantitative estimate of drug-likeness (QED) is 0.733. The van der Waals surface area contributed by atoms with Crippen LogP contribution in [0.5, 0.6) is 5.75 Å². The van der Waals surface area contributed by atoms with Crippen LogP contribution in [0.25, 0.3) is 11.1 Å². The molecule has 3 rings (SSSR count). The summed E-state index contributed by atoms with van der Waals surface area (Å²) in [6, 6.07) is 10.4. The molecule has 1 heterocycles. The van der Waals surface area contributed by atoms with Crippen LogP contribution in [0.4, 0.5) is 5.69 Å². The molecule has 0 unspecified atom stereocenters. The van der Waals surface area contributed by atoms with Crippen molar-refractivity contribution in [1.29, 1.82) is 0 Å². The smallest absolute Gasteiger partial charge is 0.233 e. The molecule has 102 valence electrons. The molecule has 4 nitrogen and oxygen atoms in total. The van der Waals surface area contributed by atoms with Crippen LogP contribution >= 0.6 is 23.2 Å². The number of hydrogen-bond donors (Lipinski definition) is 1. The largest absolute Gasteiger partial charge is 0.482 e. The lowest BCUT2D eigenvalue weighted by atomic mass is 10.3. The zero-order valence-electron chi connectivity index (χ0n) is 10.3. The van der Waals surface area contributed by atoms with Gasteiger partial charge in [0.1, 0.15) is 11.3 Å². The van der Waals surface area contributed by atoms with E-state index < -0.39 is 0 Å². The minimum absolute atomic E-state index is 0.162. The lowest BCUT2D eigenvalue weighted by molar-refractivity contribution is 0.267. The summed E-state index contributed by atoms with van der Waals surface area (Å²) in [7, 11) is 0. The second-order valence-corrected chi connectivity index (χ2v) is 5.01. The molecule has 0 aliphatic carbocycles. The molecule has 0 aliphatic rings. The number of aromatic nitrogens is 1. The third-order valence-corrected chi connectivity index (χ3v) is 3.27. The van der Waals surface area contributed by atoms with Crippen molar-refractivity contribution in [2.75, 3.05) is 5.73 Å². The Morgan fingerprint density at radius 2 is 2.05 bits per heavy atom. The first-order valence-electron chi connectivity index (χ1n) is 5.85. The number of nitrogen functional groups attached to an aromatic ring is 1. The van der Waals surface area contributed by atoms with Crippen molar-refractivity contribution in [3.63, 3.8) is 0 Å². The SMILES string of the molecule is Nc1cccc2oc(COc3ccc(Cl)cc3Cl)nc12. The third-order valence-electron chi connectivity index (χ3n) is 2.74. The average molecular weight is 309 g/mol. The fourth-order valence-electron chi connectivity index (χ4n) is 1.81. The number of hydrogen-bond acceptors (Lipinski definition) is 4. The van der Waals surface area contributed by atoms with Crippen LogP contribution in [0.15, 0.2) is 40.8 Å². The first kappa shape index (κ1) is 13.1. The second-order valence-electron chi connectivity index (χ2n) is 4.17. The number of benzene rings is 2. The number of rotatable bonds is 3. The van der Waals surface area contributed by atoms with Gasteiger partial charge in [-0.15, -0.1) is 0 Å². The van der Waals surface area contributed by atoms with E-state index in [1.165, 1.54) is 0 Å². The van der Waals surface area contributed by atoms with Gasteiger partial charge in [-0.1, -0.05) is 29.3 Å². The van der Waals surface area contributed by atoms with E-state index >= 15 is 0 Å². The van der Waals surface area contributed by atoms with Gasteiger partial charge in [-0.2, -0.15) is 0 Å². The maximum atomic E-state index is 6.02. The van der Waals surface area contributed by atoms with Gasteiger partial charge in [-0.3, -0.25) is 0 Å². The lowest BCUT2D eigenvalue weighted by Crippen LogP contribution is -1.96. The van der Waals surface area contributed by atoms with Crippen LogP contribution in [-0.2, 0) is 6.61 Å². The molecule has 6 heteroatoms. The van der Waals surface area contributed by atoms with Crippen LogP contribution in [0, 0.1) is 0 Å². The summed E-state index contributed by atoms with van der Waals surface area (Å²) in [6.45, 7) is 0.162. The normalized spacial score (nSPS) is 10.9. The predicted molar refractivity (Wildman–Crippen MR) is 79.2 cm³/mol. The standard InChI is InChI=1S/C14H10Cl2N2O2/c15-8-4-5-11(9(16)6-8)19-7-13-18-14-10(17)2-1-3-12(14)20-13/h1-6H,7,17H2. The zero-order chi connectivity index (χ0) is 14.1. The maximum Gasteiger partial charge on any atom is 0.233 e. The molecule has 0 fully saturated rings. The Kier molecular flexibility index (Phi) is 3.42. The van der Waals surface area contributed by atoms with E-state index in [0.29, 0.717) is 38.5 Å². The molecule has 0 saturated carbocycles. The highest BCUT2D eigenvalue weighted by Gasteiger charge is 2.10. The molecule has 0 radical (unpaired) electrons. The van der Waals surface area contributed by atoms with E-state index in [1.54, 1.807) is 30.3 Å². The molecule has 20 heavy (non-hydrogen) atoms. The number of fused-ring (bicyclic) bond motifs is 1. The number of oxazole rings is 1. The molecule has 0 amide bonds. The molecular formula is C14H10Cl2N2O2. The minimum atomic E-state index is 0.162. The van der Waals surface area contributed by atoms with Gasteiger partial charge in [-0.25, -0.2) is 4.98 Å². The number of halogens is 2. The number of ether oxygens (including phenoxy) is 1. The Bertz CT molecular complexity index is 771. The van der Waals surface area contributed by atoms with Gasteiger partial charge >= 0.3 is 0 Å². The van der Waals surface area contributed by atoms with Gasteiger partial charge in [0.15, 0.2) is 12.2 Å². The van der Waals surface area contributed by atoms with Gasteiger partial charge in [0.05, 0.1) is 10.7 Å². The van der Waals surface area contributed by atoms with Gasteiger partial charge < -0.3 is 14.9 Å². The fraction of sp³-hybridized carbons (Fsp3) is 0.0714. The van der Waals surface area contributed by atoms with Gasteiger partial charge in [0, 0.05) is 5.02 Å². The van der Waals surface area contributed by atoms with Gasteiger partial charge in [0.2, 0.25) is 5.89 Å². The fourth-order valence-corrected chi connectivity index (χ4v) is 2.27. The van der Waals surface area contributed by atoms with E-state index in [1.807, 2.05) is 6.07 Å². The highest BCUT2D eigenvalue weighted by atomic mass is 35.5. The van der Waals surface area contributed by atoms with Crippen molar-refractivity contribution in [3.8, 4) is 5.75 Å². The molecule has 0 saturated heterocycles. The molecule has 1 aromatic heterocycles. The summed E-state index contributed by atoms with van der Waals surface area (Å²) in [5, 5.41) is 0.991. The highest BCUT2D eigenvalue weighted by molar-refractivity contribution is 6.35. The molecule has 3 aromatic rings. The Labute approximate surface area is 125 Å². The predicted octanol–water partition coefficient (Wildman–Crippen LogP) is 4.30. The van der Waals surface area contributed by atoms with E-state index in [4.69, 9.17) is 38.1 Å². The summed E-state index contributed by atoms with van der Waals surface area (Å²) in [4.78, 5) is 4.29. The van der Waals surface area contributed by atoms with E-state index in [-0.39, 0.29) is 6.61 Å². The number of nitrogens with two attached hydrogens (primary N) is 1. The van der Waals surface area contributed by atoms with Crippen molar-refractivity contribution in [3.05, 3.63) is 52.3 Å². The molecule has 0 atom stereocenters. The Morgan fingerprint density at radius 1 is 1.20 bits per heavy atom. The van der Waals surface area contributed by atoms with Crippen molar-refractivity contribution in [2.45, 2.75) is 6.61 Å². The Hall–Kier alpha value is -1.91. The molecule has 2 N–H and O–H groups in total. The molecule has 0 bridgehead atoms. The maximum absolute atomic E-state index is 6.02. The number of para-hydroxylation sites is 1. The van der Waals surface area contributed by atoms with Crippen LogP contribution in [0.3, 0.4) is 0 Å². The lowest BCUT2D eigenvalue weighted by Gasteiger charge is -2.05. The first-order chi connectivity index (χ1) is 9.63. The summed E-state index contributed by atoms with van der Waals surface area (Å²) >= 11 is 11.8. The summed E-state index contributed by atoms with van der Waals surface area (Å²) in [6.07, 6.45) is 0. The van der Waals surface area contributed by atoms with Crippen LogP contribution in [0.2, 0.25) is 10.0 Å². The van der Waals surface area contributed by atoms with E-state index in [0.717, 1.165) is 0 Å². The van der Waals surface area contributed by atoms with Crippen molar-refractivity contribution in [2.24, 2.45) is 0 Å². The second kappa shape index (κ2) is 5.23. The van der Waals surface area contributed by atoms with E-state index in [9.17, 15) is 0 Å². The third kappa shape index (κ3) is 2.53. The zero-order valence-corrected chi connectivity index (χ0v) is 11.8. The molecular weight excluding hydrogens is 299 g/mol. The Morgan fingerprint density at radius 3 is 2.80 bits per heavy atom. The molecule has 0 aliphatic heterocycles. The van der Waals surface area contributed by atoms with Crippen LogP contribution < -0.4 is 10.5 Å². The number of nitrogens with zero attached hydrogens (tertiary/aromatic N) is 1. The topological polar surface area (TPSA) is 61.3 Å². The van der Waals surface area contributed by atoms with Crippen molar-refractivity contribution < 1.29 is 9.15 Å². The van der Waals surface area contributed by atoms with Gasteiger partial charge in [-0.05, 0) is 30.3 Å². The molecule has 0 spiro atoms. The summed E-state index contributed by atoms with van der Waals surface area (Å²) in [5.41, 5.74) is 7.65. The van der Waals surface area contributed by atoms with Crippen LogP contribution in [-0.4, -0.2) is 4.98 Å². The molecule has 2 aromatic carbocycles. The summed E-state index contributed by atoms with van der Waals surface area (Å²) < 4.78 is 11.1. The van der Waals surface area contributed by atoms with Crippen LogP contribution in [0.1, 0.15) is 5.89 Å².